The smallest absolute Gasteiger partial charge is 0.408 e. The van der Waals surface area contributed by atoms with Crippen molar-refractivity contribution in [3.63, 3.8) is 0 Å². The number of carboxylic acid groups (broad SMARTS) is 1. The third kappa shape index (κ3) is 21.5. The van der Waals surface area contributed by atoms with Gasteiger partial charge in [-0.15, -0.1) is 0 Å². The number of nitrogens with two attached hydrogens (primary N) is 1. The first-order valence-electron chi connectivity index (χ1n) is 17.7. The van der Waals surface area contributed by atoms with Crippen molar-refractivity contribution in [2.24, 2.45) is 5.90 Å². The average Bonchev–Trinajstić information content (AvgIpc) is 3.12. The van der Waals surface area contributed by atoms with E-state index in [0.29, 0.717) is 13.0 Å². The van der Waals surface area contributed by atoms with Crippen molar-refractivity contribution in [2.75, 3.05) is 0 Å². The highest BCUT2D eigenvalue weighted by Gasteiger charge is 2.26. The summed E-state index contributed by atoms with van der Waals surface area (Å²) in [7, 11) is 0. The molecule has 0 aliphatic rings. The minimum atomic E-state index is -1.09. The van der Waals surface area contributed by atoms with Crippen LogP contribution in [0.1, 0.15) is 63.8 Å². The minimum Gasteiger partial charge on any atom is -0.480 e. The van der Waals surface area contributed by atoms with Crippen molar-refractivity contribution in [1.29, 1.82) is 0 Å². The molecule has 0 saturated heterocycles. The Morgan fingerprint density at radius 1 is 0.564 bits per heavy atom. The Balaban J connectivity index is 0.000000322. The molecule has 296 valence electrons. The summed E-state index contributed by atoms with van der Waals surface area (Å²) in [5.41, 5.74) is 4.88. The summed E-state index contributed by atoms with van der Waals surface area (Å²) >= 11 is 0. The summed E-state index contributed by atoms with van der Waals surface area (Å²) in [6, 6.07) is 36.0. The van der Waals surface area contributed by atoms with E-state index >= 15 is 0 Å². The quantitative estimate of drug-likeness (QED) is 0.0924. The van der Waals surface area contributed by atoms with E-state index in [9.17, 15) is 19.2 Å². The van der Waals surface area contributed by atoms with Crippen LogP contribution in [-0.4, -0.2) is 52.5 Å². The maximum Gasteiger partial charge on any atom is 0.408 e. The molecule has 0 fully saturated rings. The highest BCUT2D eigenvalue weighted by Crippen LogP contribution is 2.10. The fourth-order valence-electron chi connectivity index (χ4n) is 4.51. The largest absolute Gasteiger partial charge is 0.480 e. The molecule has 4 rings (SSSR count). The lowest BCUT2D eigenvalue weighted by Crippen LogP contribution is -2.49. The van der Waals surface area contributed by atoms with Crippen LogP contribution in [-0.2, 0) is 54.8 Å². The number of hydrogen-bond donors (Lipinski definition) is 5. The fourth-order valence-corrected chi connectivity index (χ4v) is 4.51. The lowest BCUT2D eigenvalue weighted by molar-refractivity contribution is -0.139. The normalized spacial score (nSPS) is 11.8. The van der Waals surface area contributed by atoms with E-state index < -0.39 is 47.3 Å². The zero-order valence-corrected chi connectivity index (χ0v) is 32.3. The van der Waals surface area contributed by atoms with Crippen LogP contribution >= 0.6 is 0 Å². The van der Waals surface area contributed by atoms with Gasteiger partial charge in [-0.3, -0.25) is 14.5 Å². The van der Waals surface area contributed by atoms with Gasteiger partial charge < -0.3 is 25.2 Å². The minimum absolute atomic E-state index is 0.218. The van der Waals surface area contributed by atoms with Gasteiger partial charge in [0.25, 0.3) is 5.91 Å². The molecular weight excluding hydrogens is 704 g/mol. The van der Waals surface area contributed by atoms with Crippen LogP contribution in [0.4, 0.5) is 9.59 Å². The highest BCUT2D eigenvalue weighted by molar-refractivity contribution is 5.85. The van der Waals surface area contributed by atoms with E-state index in [4.69, 9.17) is 25.3 Å². The maximum atomic E-state index is 12.5. The van der Waals surface area contributed by atoms with E-state index in [1.165, 1.54) is 0 Å². The van der Waals surface area contributed by atoms with Gasteiger partial charge in [0.15, 0.2) is 0 Å². The van der Waals surface area contributed by atoms with E-state index in [2.05, 4.69) is 21.0 Å². The van der Waals surface area contributed by atoms with Crippen LogP contribution < -0.4 is 22.0 Å². The van der Waals surface area contributed by atoms with Gasteiger partial charge >= 0.3 is 18.2 Å². The molecule has 4 aromatic carbocycles. The number of amides is 3. The molecule has 13 heteroatoms. The second kappa shape index (κ2) is 23.8. The molecule has 0 radical (unpaired) electrons. The topological polar surface area (TPSA) is 188 Å². The first kappa shape index (κ1) is 45.4. The van der Waals surface area contributed by atoms with Gasteiger partial charge in [-0.1, -0.05) is 121 Å². The number of benzene rings is 4. The molecular formula is C42H54N4O9. The molecule has 4 aromatic rings. The zero-order chi connectivity index (χ0) is 40.7. The standard InChI is InChI=1S/C21H26N2O4.C14H19NO4.C7H9NO/c1-21(2,3)27-20(25)22-18(14-16-10-6-4-7-11-16)19(24)23-26-15-17-12-8-5-9-13-17;1-14(2,3)19-13(18)15-11(12(16)17)9-10-7-5-4-6-8-10;8-9-6-7-4-2-1-3-5-7/h4-13,18H,14-15H2,1-3H3,(H,22,25)(H,23,24);4-8,11H,9H2,1-3H3,(H,15,18)(H,16,17);1-5H,6,8H2/t18-;11-;/m00./s1. The Kier molecular flexibility index (Phi) is 19.7. The molecule has 13 nitrogen and oxygen atoms in total. The number of nitrogens with one attached hydrogen (secondary N) is 3. The summed E-state index contributed by atoms with van der Waals surface area (Å²) in [4.78, 5) is 57.1. The molecule has 3 amide bonds. The van der Waals surface area contributed by atoms with Crippen molar-refractivity contribution in [1.82, 2.24) is 16.1 Å². The number of hydroxylamine groups is 1. The molecule has 0 spiro atoms. The van der Waals surface area contributed by atoms with Crippen molar-refractivity contribution >= 4 is 24.1 Å². The Morgan fingerprint density at radius 3 is 1.27 bits per heavy atom. The molecule has 0 aliphatic heterocycles. The van der Waals surface area contributed by atoms with Crippen LogP contribution in [0.5, 0.6) is 0 Å². The number of alkyl carbamates (subject to hydrolysis) is 2. The summed E-state index contributed by atoms with van der Waals surface area (Å²) < 4.78 is 10.3. The second-order valence-electron chi connectivity index (χ2n) is 14.2. The number of rotatable bonds is 13. The maximum absolute atomic E-state index is 12.5. The first-order chi connectivity index (χ1) is 26.0. The molecule has 0 heterocycles. The van der Waals surface area contributed by atoms with Crippen molar-refractivity contribution in [3.8, 4) is 0 Å². The Bertz CT molecular complexity index is 1700. The number of carboxylic acids is 1. The predicted molar refractivity (Wildman–Crippen MR) is 209 cm³/mol. The fraction of sp³-hybridized carbons (Fsp3) is 0.333. The van der Waals surface area contributed by atoms with Gasteiger partial charge in [0.2, 0.25) is 0 Å². The van der Waals surface area contributed by atoms with Crippen LogP contribution in [0.15, 0.2) is 121 Å². The molecule has 0 unspecified atom stereocenters. The summed E-state index contributed by atoms with van der Waals surface area (Å²) in [5.74, 6) is 3.33. The van der Waals surface area contributed by atoms with E-state index in [1.807, 2.05) is 121 Å². The third-order valence-electron chi connectivity index (χ3n) is 6.91. The Hall–Kier alpha value is -5.76. The number of ether oxygens (including phenoxy) is 2. The SMILES string of the molecule is CC(C)(C)OC(=O)N[C@@H](Cc1ccccc1)C(=O)NOCc1ccccc1.CC(C)(C)OC(=O)N[C@@H](Cc1ccccc1)C(=O)O.NOCc1ccccc1. The summed E-state index contributed by atoms with van der Waals surface area (Å²) in [5, 5.41) is 14.1. The molecule has 0 saturated carbocycles. The lowest BCUT2D eigenvalue weighted by atomic mass is 10.1. The zero-order valence-electron chi connectivity index (χ0n) is 32.3. The second-order valence-corrected chi connectivity index (χ2v) is 14.2. The Labute approximate surface area is 323 Å². The van der Waals surface area contributed by atoms with Crippen molar-refractivity contribution in [3.05, 3.63) is 144 Å². The monoisotopic (exact) mass is 758 g/mol. The van der Waals surface area contributed by atoms with Gasteiger partial charge in [-0.05, 0) is 63.8 Å². The highest BCUT2D eigenvalue weighted by atomic mass is 16.7. The summed E-state index contributed by atoms with van der Waals surface area (Å²) in [6.45, 7) is 11.2. The number of carbonyl (C=O) groups is 4. The molecule has 0 aromatic heterocycles. The van der Waals surface area contributed by atoms with Crippen LogP contribution in [0.2, 0.25) is 0 Å². The molecule has 2 atom stereocenters. The van der Waals surface area contributed by atoms with Crippen LogP contribution in [0.3, 0.4) is 0 Å². The van der Waals surface area contributed by atoms with Gasteiger partial charge in [-0.2, -0.15) is 0 Å². The molecule has 0 bridgehead atoms. The molecule has 6 N–H and O–H groups in total. The number of aliphatic carboxylic acids is 1. The average molecular weight is 759 g/mol. The molecule has 55 heavy (non-hydrogen) atoms. The number of hydrogen-bond acceptors (Lipinski definition) is 9. The predicted octanol–water partition coefficient (Wildman–Crippen LogP) is 6.65. The first-order valence-corrected chi connectivity index (χ1v) is 17.7. The van der Waals surface area contributed by atoms with E-state index in [1.54, 1.807) is 41.5 Å². The van der Waals surface area contributed by atoms with Crippen molar-refractivity contribution in [2.45, 2.75) is 90.9 Å². The van der Waals surface area contributed by atoms with Gasteiger partial charge in [0.1, 0.15) is 23.3 Å². The summed E-state index contributed by atoms with van der Waals surface area (Å²) in [6.07, 6.45) is -0.840. The van der Waals surface area contributed by atoms with Gasteiger partial charge in [0.05, 0.1) is 13.2 Å². The van der Waals surface area contributed by atoms with Gasteiger partial charge in [0, 0.05) is 12.8 Å². The third-order valence-corrected chi connectivity index (χ3v) is 6.91. The lowest BCUT2D eigenvalue weighted by Gasteiger charge is -2.23. The molecule has 0 aliphatic carbocycles. The number of carbonyl (C=O) groups excluding carboxylic acids is 3. The van der Waals surface area contributed by atoms with Crippen LogP contribution in [0.25, 0.3) is 0 Å². The van der Waals surface area contributed by atoms with Gasteiger partial charge in [-0.25, -0.2) is 25.8 Å². The van der Waals surface area contributed by atoms with E-state index in [0.717, 1.165) is 22.3 Å². The van der Waals surface area contributed by atoms with Crippen molar-refractivity contribution < 1.29 is 43.4 Å². The van der Waals surface area contributed by atoms with E-state index in [-0.39, 0.29) is 13.0 Å². The Morgan fingerprint density at radius 2 is 0.909 bits per heavy atom. The van der Waals surface area contributed by atoms with Crippen LogP contribution in [0, 0.1) is 0 Å².